The second-order valence-electron chi connectivity index (χ2n) is 5.67. The van der Waals surface area contributed by atoms with Gasteiger partial charge in [-0.2, -0.15) is 0 Å². The van der Waals surface area contributed by atoms with Crippen molar-refractivity contribution in [3.05, 3.63) is 22.7 Å². The molecule has 0 bridgehead atoms. The number of carbonyl (C=O) groups is 1. The molecule has 128 valence electrons. The predicted octanol–water partition coefficient (Wildman–Crippen LogP) is 2.19. The van der Waals surface area contributed by atoms with Crippen molar-refractivity contribution in [1.82, 2.24) is 10.6 Å². The lowest BCUT2D eigenvalue weighted by molar-refractivity contribution is -0.125. The molecule has 1 fully saturated rings. The smallest absolute Gasteiger partial charge is 0.223 e. The molecule has 0 aliphatic carbocycles. The van der Waals surface area contributed by atoms with Crippen molar-refractivity contribution < 1.29 is 14.3 Å². The number of halogens is 2. The Bertz CT molecular complexity index is 548. The fraction of sp³-hybridized carbons (Fsp3) is 0.562. The number of rotatable bonds is 4. The first kappa shape index (κ1) is 18.2. The Morgan fingerprint density at radius 1 is 1.26 bits per heavy atom. The molecule has 1 saturated heterocycles. The van der Waals surface area contributed by atoms with E-state index in [2.05, 4.69) is 10.6 Å². The average molecular weight is 361 g/mol. The molecule has 0 aromatic heterocycles. The lowest BCUT2D eigenvalue weighted by Crippen LogP contribution is -2.38. The zero-order valence-corrected chi connectivity index (χ0v) is 14.5. The lowest BCUT2D eigenvalue weighted by atomic mass is 9.97. The quantitative estimate of drug-likeness (QED) is 0.863. The van der Waals surface area contributed by atoms with Gasteiger partial charge in [0, 0.05) is 12.5 Å². The van der Waals surface area contributed by atoms with Gasteiger partial charge in [0.25, 0.3) is 0 Å². The number of piperidine rings is 1. The van der Waals surface area contributed by atoms with Crippen LogP contribution in [0, 0.1) is 5.92 Å². The molecule has 5 nitrogen and oxygen atoms in total. The third-order valence-electron chi connectivity index (χ3n) is 4.08. The molecular formula is C16H22Cl2N2O3. The Balaban J connectivity index is 0.00000192. The van der Waals surface area contributed by atoms with Crippen LogP contribution < -0.4 is 20.1 Å². The molecule has 0 atom stereocenters. The van der Waals surface area contributed by atoms with Crippen molar-refractivity contribution >= 4 is 29.9 Å². The SMILES string of the molecule is Cl.O=C(NCCc1cc(Cl)c2c(c1)OCCO2)C1CCNCC1. The largest absolute Gasteiger partial charge is 0.486 e. The monoisotopic (exact) mass is 360 g/mol. The molecule has 1 aromatic rings. The van der Waals surface area contributed by atoms with Crippen LogP contribution in [-0.2, 0) is 11.2 Å². The Labute approximate surface area is 147 Å². The first-order chi connectivity index (χ1) is 10.7. The number of fused-ring (bicyclic) bond motifs is 1. The maximum atomic E-state index is 12.1. The van der Waals surface area contributed by atoms with Crippen LogP contribution in [0.5, 0.6) is 11.5 Å². The Morgan fingerprint density at radius 3 is 2.78 bits per heavy atom. The van der Waals surface area contributed by atoms with E-state index in [1.807, 2.05) is 12.1 Å². The van der Waals surface area contributed by atoms with E-state index in [0.717, 1.165) is 37.9 Å². The molecule has 0 unspecified atom stereocenters. The van der Waals surface area contributed by atoms with E-state index in [0.29, 0.717) is 36.3 Å². The number of hydrogen-bond donors (Lipinski definition) is 2. The van der Waals surface area contributed by atoms with Gasteiger partial charge in [0.15, 0.2) is 11.5 Å². The molecule has 3 rings (SSSR count). The van der Waals surface area contributed by atoms with Crippen molar-refractivity contribution in [3.8, 4) is 11.5 Å². The van der Waals surface area contributed by atoms with Crippen molar-refractivity contribution in [2.45, 2.75) is 19.3 Å². The summed E-state index contributed by atoms with van der Waals surface area (Å²) < 4.78 is 11.1. The number of hydrogen-bond acceptors (Lipinski definition) is 4. The van der Waals surface area contributed by atoms with Crippen LogP contribution in [0.1, 0.15) is 18.4 Å². The third kappa shape index (κ3) is 4.66. The number of nitrogens with one attached hydrogen (secondary N) is 2. The van der Waals surface area contributed by atoms with Gasteiger partial charge in [0.1, 0.15) is 13.2 Å². The summed E-state index contributed by atoms with van der Waals surface area (Å²) >= 11 is 6.21. The Morgan fingerprint density at radius 2 is 2.00 bits per heavy atom. The molecule has 0 saturated carbocycles. The van der Waals surface area contributed by atoms with Crippen molar-refractivity contribution in [1.29, 1.82) is 0 Å². The molecule has 0 radical (unpaired) electrons. The molecule has 7 heteroatoms. The summed E-state index contributed by atoms with van der Waals surface area (Å²) in [5.41, 5.74) is 1.04. The van der Waals surface area contributed by atoms with Crippen molar-refractivity contribution in [2.24, 2.45) is 5.92 Å². The van der Waals surface area contributed by atoms with Crippen molar-refractivity contribution in [2.75, 3.05) is 32.8 Å². The number of ether oxygens (including phenoxy) is 2. The molecule has 2 heterocycles. The van der Waals surface area contributed by atoms with Gasteiger partial charge in [-0.25, -0.2) is 0 Å². The molecule has 23 heavy (non-hydrogen) atoms. The molecule has 2 aliphatic rings. The van der Waals surface area contributed by atoms with Crippen LogP contribution in [0.15, 0.2) is 12.1 Å². The van der Waals surface area contributed by atoms with Crippen LogP contribution >= 0.6 is 24.0 Å². The zero-order chi connectivity index (χ0) is 15.4. The summed E-state index contributed by atoms with van der Waals surface area (Å²) in [6.07, 6.45) is 2.57. The highest BCUT2D eigenvalue weighted by molar-refractivity contribution is 6.32. The second-order valence-corrected chi connectivity index (χ2v) is 6.07. The number of amides is 1. The van der Waals surface area contributed by atoms with Gasteiger partial charge in [-0.05, 0) is 50.0 Å². The summed E-state index contributed by atoms with van der Waals surface area (Å²) in [4.78, 5) is 12.1. The Kier molecular flexibility index (Phi) is 6.81. The van der Waals surface area contributed by atoms with Crippen molar-refractivity contribution in [3.63, 3.8) is 0 Å². The van der Waals surface area contributed by atoms with E-state index < -0.39 is 0 Å². The number of benzene rings is 1. The Hall–Kier alpha value is -1.17. The van der Waals surface area contributed by atoms with E-state index in [1.54, 1.807) is 0 Å². The summed E-state index contributed by atoms with van der Waals surface area (Å²) in [5, 5.41) is 6.85. The summed E-state index contributed by atoms with van der Waals surface area (Å²) in [6.45, 7) is 3.53. The van der Waals surface area contributed by atoms with E-state index in [-0.39, 0.29) is 24.2 Å². The lowest BCUT2D eigenvalue weighted by Gasteiger charge is -2.22. The highest BCUT2D eigenvalue weighted by Crippen LogP contribution is 2.38. The minimum Gasteiger partial charge on any atom is -0.486 e. The normalized spacial score (nSPS) is 17.3. The fourth-order valence-electron chi connectivity index (χ4n) is 2.87. The van der Waals surface area contributed by atoms with Crippen LogP contribution in [0.25, 0.3) is 0 Å². The summed E-state index contributed by atoms with van der Waals surface area (Å²) in [6, 6.07) is 3.82. The second kappa shape index (κ2) is 8.62. The minimum absolute atomic E-state index is 0. The average Bonchev–Trinajstić information content (AvgIpc) is 2.56. The van der Waals surface area contributed by atoms with Gasteiger partial charge in [0.2, 0.25) is 5.91 Å². The first-order valence-electron chi connectivity index (χ1n) is 7.80. The predicted molar refractivity (Wildman–Crippen MR) is 92.0 cm³/mol. The zero-order valence-electron chi connectivity index (χ0n) is 12.9. The highest BCUT2D eigenvalue weighted by atomic mass is 35.5. The molecule has 2 N–H and O–H groups in total. The van der Waals surface area contributed by atoms with Crippen LogP contribution in [-0.4, -0.2) is 38.8 Å². The number of carbonyl (C=O) groups excluding carboxylic acids is 1. The molecular weight excluding hydrogens is 339 g/mol. The van der Waals surface area contributed by atoms with Gasteiger partial charge in [-0.3, -0.25) is 4.79 Å². The van der Waals surface area contributed by atoms with Crippen LogP contribution in [0.3, 0.4) is 0 Å². The summed E-state index contributed by atoms with van der Waals surface area (Å²) in [5.74, 6) is 1.61. The first-order valence-corrected chi connectivity index (χ1v) is 8.18. The van der Waals surface area contributed by atoms with Gasteiger partial charge >= 0.3 is 0 Å². The van der Waals surface area contributed by atoms with Crippen LogP contribution in [0.2, 0.25) is 5.02 Å². The maximum Gasteiger partial charge on any atom is 0.223 e. The van der Waals surface area contributed by atoms with E-state index in [4.69, 9.17) is 21.1 Å². The van der Waals surface area contributed by atoms with Gasteiger partial charge in [-0.1, -0.05) is 11.6 Å². The van der Waals surface area contributed by atoms with E-state index in [1.165, 1.54) is 0 Å². The molecule has 2 aliphatic heterocycles. The minimum atomic E-state index is 0. The van der Waals surface area contributed by atoms with Crippen LogP contribution in [0.4, 0.5) is 0 Å². The van der Waals surface area contributed by atoms with E-state index in [9.17, 15) is 4.79 Å². The maximum absolute atomic E-state index is 12.1. The fourth-order valence-corrected chi connectivity index (χ4v) is 3.15. The van der Waals surface area contributed by atoms with Gasteiger partial charge in [0.05, 0.1) is 5.02 Å². The topological polar surface area (TPSA) is 59.6 Å². The summed E-state index contributed by atoms with van der Waals surface area (Å²) in [7, 11) is 0. The standard InChI is InChI=1S/C16H21ClN2O3.ClH/c17-13-9-11(10-14-15(13)22-8-7-21-14)1-6-19-16(20)12-2-4-18-5-3-12;/h9-10,12,18H,1-8H2,(H,19,20);1H. The molecule has 1 amide bonds. The van der Waals surface area contributed by atoms with Gasteiger partial charge < -0.3 is 20.1 Å². The van der Waals surface area contributed by atoms with E-state index >= 15 is 0 Å². The highest BCUT2D eigenvalue weighted by Gasteiger charge is 2.20. The van der Waals surface area contributed by atoms with Gasteiger partial charge in [-0.15, -0.1) is 12.4 Å². The molecule has 1 aromatic carbocycles. The third-order valence-corrected chi connectivity index (χ3v) is 4.36. The molecule has 0 spiro atoms.